The minimum absolute atomic E-state index is 0.615. The number of hydrogen-bond acceptors (Lipinski definition) is 3. The van der Waals surface area contributed by atoms with Gasteiger partial charge in [0.05, 0.1) is 16.3 Å². The summed E-state index contributed by atoms with van der Waals surface area (Å²) >= 11 is 6.30. The molecule has 2 heterocycles. The summed E-state index contributed by atoms with van der Waals surface area (Å²) in [7, 11) is 0. The third-order valence-electron chi connectivity index (χ3n) is 3.88. The van der Waals surface area contributed by atoms with Crippen molar-refractivity contribution >= 4 is 28.3 Å². The molecule has 0 saturated heterocycles. The van der Waals surface area contributed by atoms with Gasteiger partial charge in [0.25, 0.3) is 0 Å². The molecule has 1 N–H and O–H groups in total. The van der Waals surface area contributed by atoms with E-state index in [-0.39, 0.29) is 0 Å². The van der Waals surface area contributed by atoms with Crippen LogP contribution in [0.1, 0.15) is 12.0 Å². The highest BCUT2D eigenvalue weighted by molar-refractivity contribution is 6.35. The van der Waals surface area contributed by atoms with Crippen molar-refractivity contribution in [1.29, 1.82) is 0 Å². The molecule has 0 amide bonds. The minimum Gasteiger partial charge on any atom is -0.411 e. The molecule has 21 heavy (non-hydrogen) atoms. The number of nitrogens with zero attached hydrogens (tertiary/aromatic N) is 3. The lowest BCUT2D eigenvalue weighted by molar-refractivity contribution is 0.317. The van der Waals surface area contributed by atoms with Gasteiger partial charge in [0, 0.05) is 24.1 Å². The van der Waals surface area contributed by atoms with E-state index in [1.54, 1.807) is 0 Å². The molecule has 0 atom stereocenters. The van der Waals surface area contributed by atoms with Gasteiger partial charge in [0.15, 0.2) is 0 Å². The number of aromatic nitrogens is 2. The molecular weight excluding hydrogens is 286 g/mol. The van der Waals surface area contributed by atoms with Crippen molar-refractivity contribution in [3.05, 3.63) is 53.1 Å². The maximum Gasteiger partial charge on any atom is 0.141 e. The number of benzene rings is 2. The minimum atomic E-state index is 0.615. The van der Waals surface area contributed by atoms with Gasteiger partial charge in [0.1, 0.15) is 11.3 Å². The second kappa shape index (κ2) is 4.60. The van der Waals surface area contributed by atoms with E-state index < -0.39 is 0 Å². The van der Waals surface area contributed by atoms with E-state index in [0.29, 0.717) is 17.2 Å². The van der Waals surface area contributed by atoms with Gasteiger partial charge in [-0.1, -0.05) is 47.1 Å². The molecular formula is C16H12ClN3O. The molecule has 104 valence electrons. The molecule has 1 aromatic heterocycles. The molecule has 4 nitrogen and oxygen atoms in total. The SMILES string of the molecule is O/N=C1/CCn2c(-c3ccccc3)nc3c(Cl)ccc1c32. The van der Waals surface area contributed by atoms with Crippen molar-refractivity contribution in [1.82, 2.24) is 9.55 Å². The van der Waals surface area contributed by atoms with Crippen molar-refractivity contribution in [2.24, 2.45) is 5.16 Å². The third-order valence-corrected chi connectivity index (χ3v) is 4.19. The van der Waals surface area contributed by atoms with Crippen molar-refractivity contribution in [3.63, 3.8) is 0 Å². The van der Waals surface area contributed by atoms with Crippen LogP contribution in [0.5, 0.6) is 0 Å². The number of hydrogen-bond donors (Lipinski definition) is 1. The van der Waals surface area contributed by atoms with E-state index in [2.05, 4.69) is 9.72 Å². The summed E-state index contributed by atoms with van der Waals surface area (Å²) in [5.74, 6) is 0.900. The molecule has 3 aromatic rings. The normalized spacial score (nSPS) is 15.8. The van der Waals surface area contributed by atoms with Gasteiger partial charge in [-0.05, 0) is 12.1 Å². The fourth-order valence-corrected chi connectivity index (χ4v) is 3.12. The Balaban J connectivity index is 2.10. The molecule has 0 aliphatic carbocycles. The average molecular weight is 298 g/mol. The Morgan fingerprint density at radius 1 is 1.14 bits per heavy atom. The highest BCUT2D eigenvalue weighted by Gasteiger charge is 2.24. The summed E-state index contributed by atoms with van der Waals surface area (Å²) in [5.41, 5.74) is 4.34. The number of oxime groups is 1. The zero-order chi connectivity index (χ0) is 14.4. The van der Waals surface area contributed by atoms with Crippen molar-refractivity contribution in [2.75, 3.05) is 0 Å². The second-order valence-corrected chi connectivity index (χ2v) is 5.45. The first kappa shape index (κ1) is 12.4. The number of aryl methyl sites for hydroxylation is 1. The molecule has 4 rings (SSSR count). The van der Waals surface area contributed by atoms with Crippen LogP contribution in [0.15, 0.2) is 47.6 Å². The zero-order valence-electron chi connectivity index (χ0n) is 11.1. The van der Waals surface area contributed by atoms with Gasteiger partial charge >= 0.3 is 0 Å². The Labute approximate surface area is 126 Å². The van der Waals surface area contributed by atoms with Gasteiger partial charge < -0.3 is 9.77 Å². The maximum absolute atomic E-state index is 9.19. The summed E-state index contributed by atoms with van der Waals surface area (Å²) in [4.78, 5) is 4.72. The van der Waals surface area contributed by atoms with E-state index in [0.717, 1.165) is 34.5 Å². The summed E-state index contributed by atoms with van der Waals surface area (Å²) in [5, 5.41) is 13.2. The first-order valence-electron chi connectivity index (χ1n) is 6.75. The maximum atomic E-state index is 9.19. The Morgan fingerprint density at radius 2 is 1.95 bits per heavy atom. The highest BCUT2D eigenvalue weighted by atomic mass is 35.5. The van der Waals surface area contributed by atoms with E-state index in [9.17, 15) is 5.21 Å². The molecule has 0 fully saturated rings. The molecule has 0 spiro atoms. The third kappa shape index (κ3) is 1.76. The first-order valence-corrected chi connectivity index (χ1v) is 7.13. The molecule has 1 aliphatic heterocycles. The molecule has 0 unspecified atom stereocenters. The Hall–Kier alpha value is -2.33. The van der Waals surface area contributed by atoms with Crippen molar-refractivity contribution in [3.8, 4) is 11.4 Å². The van der Waals surface area contributed by atoms with Gasteiger partial charge in [-0.25, -0.2) is 4.98 Å². The van der Waals surface area contributed by atoms with Crippen LogP contribution in [0.3, 0.4) is 0 Å². The molecule has 0 saturated carbocycles. The van der Waals surface area contributed by atoms with Gasteiger partial charge in [-0.15, -0.1) is 0 Å². The first-order chi connectivity index (χ1) is 10.3. The molecule has 0 radical (unpaired) electrons. The standard InChI is InChI=1S/C16H12ClN3O/c17-12-7-6-11-13(19-21)8-9-20-15(11)14(12)18-16(20)10-4-2-1-3-5-10/h1-7,21H,8-9H2/b19-13-. The van der Waals surface area contributed by atoms with Crippen LogP contribution in [-0.2, 0) is 6.54 Å². The summed E-state index contributed by atoms with van der Waals surface area (Å²) < 4.78 is 2.15. The summed E-state index contributed by atoms with van der Waals surface area (Å²) in [6, 6.07) is 13.7. The Kier molecular flexibility index (Phi) is 2.72. The highest BCUT2D eigenvalue weighted by Crippen LogP contribution is 2.34. The van der Waals surface area contributed by atoms with E-state index in [4.69, 9.17) is 16.6 Å². The molecule has 1 aliphatic rings. The van der Waals surface area contributed by atoms with Crippen molar-refractivity contribution < 1.29 is 5.21 Å². The number of imidazole rings is 1. The molecule has 2 aromatic carbocycles. The predicted molar refractivity (Wildman–Crippen MR) is 83.1 cm³/mol. The van der Waals surface area contributed by atoms with Gasteiger partial charge in [0.2, 0.25) is 0 Å². The quantitative estimate of drug-likeness (QED) is 0.546. The van der Waals surface area contributed by atoms with Crippen LogP contribution in [0.2, 0.25) is 5.02 Å². The Morgan fingerprint density at radius 3 is 2.71 bits per heavy atom. The fourth-order valence-electron chi connectivity index (χ4n) is 2.92. The topological polar surface area (TPSA) is 50.4 Å². The van der Waals surface area contributed by atoms with Crippen LogP contribution in [0.25, 0.3) is 22.4 Å². The lowest BCUT2D eigenvalue weighted by atomic mass is 10.0. The van der Waals surface area contributed by atoms with E-state index >= 15 is 0 Å². The van der Waals surface area contributed by atoms with Crippen LogP contribution in [0, 0.1) is 0 Å². The van der Waals surface area contributed by atoms with Crippen LogP contribution in [-0.4, -0.2) is 20.5 Å². The summed E-state index contributed by atoms with van der Waals surface area (Å²) in [6.45, 7) is 0.730. The second-order valence-electron chi connectivity index (χ2n) is 5.04. The van der Waals surface area contributed by atoms with Crippen LogP contribution in [0.4, 0.5) is 0 Å². The van der Waals surface area contributed by atoms with Crippen LogP contribution >= 0.6 is 11.6 Å². The fraction of sp³-hybridized carbons (Fsp3) is 0.125. The summed E-state index contributed by atoms with van der Waals surface area (Å²) in [6.07, 6.45) is 0.677. The predicted octanol–water partition coefficient (Wildman–Crippen LogP) is 3.94. The number of halogens is 1. The smallest absolute Gasteiger partial charge is 0.141 e. The molecule has 0 bridgehead atoms. The zero-order valence-corrected chi connectivity index (χ0v) is 11.9. The lowest BCUT2D eigenvalue weighted by Gasteiger charge is -2.17. The van der Waals surface area contributed by atoms with E-state index in [1.807, 2.05) is 42.5 Å². The van der Waals surface area contributed by atoms with Gasteiger partial charge in [-0.3, -0.25) is 0 Å². The van der Waals surface area contributed by atoms with E-state index in [1.165, 1.54) is 0 Å². The van der Waals surface area contributed by atoms with Crippen LogP contribution < -0.4 is 0 Å². The average Bonchev–Trinajstić information content (AvgIpc) is 2.93. The van der Waals surface area contributed by atoms with Crippen molar-refractivity contribution in [2.45, 2.75) is 13.0 Å². The largest absolute Gasteiger partial charge is 0.411 e. The monoisotopic (exact) mass is 297 g/mol. The Bertz CT molecular complexity index is 868. The lowest BCUT2D eigenvalue weighted by Crippen LogP contribution is -2.15. The number of rotatable bonds is 1. The molecule has 5 heteroatoms. The van der Waals surface area contributed by atoms with Gasteiger partial charge in [-0.2, -0.15) is 0 Å².